The summed E-state index contributed by atoms with van der Waals surface area (Å²) in [6.45, 7) is 15.4. The van der Waals surface area contributed by atoms with Crippen LogP contribution in [0.15, 0.2) is 11.6 Å². The molecule has 6 aliphatic heterocycles. The Morgan fingerprint density at radius 3 is 1.71 bits per heavy atom. The van der Waals surface area contributed by atoms with Crippen LogP contribution in [0.3, 0.4) is 0 Å². The van der Waals surface area contributed by atoms with Crippen molar-refractivity contribution in [3.05, 3.63) is 11.6 Å². The van der Waals surface area contributed by atoms with Gasteiger partial charge in [-0.15, -0.1) is 0 Å². The number of hydrogen-bond donors (Lipinski definition) is 18. The lowest BCUT2D eigenvalue weighted by Crippen LogP contribution is -2.69. The molecule has 4 saturated carbocycles. The monoisotopic (exact) mass is 1380 g/mol. The van der Waals surface area contributed by atoms with Crippen molar-refractivity contribution in [1.82, 2.24) is 0 Å². The van der Waals surface area contributed by atoms with Gasteiger partial charge < -0.3 is 149 Å². The van der Waals surface area contributed by atoms with Crippen LogP contribution in [0.1, 0.15) is 120 Å². The molecule has 11 rings (SSSR count). The number of carbonyl (C=O) groups excluding carboxylic acids is 1. The number of aliphatic hydroxyl groups excluding tert-OH is 17. The van der Waals surface area contributed by atoms with Gasteiger partial charge in [-0.3, -0.25) is 4.79 Å². The third-order valence-corrected chi connectivity index (χ3v) is 25.8. The van der Waals surface area contributed by atoms with Gasteiger partial charge in [-0.25, -0.2) is 0 Å². The lowest BCUT2D eigenvalue weighted by molar-refractivity contribution is -0.382. The van der Waals surface area contributed by atoms with E-state index in [1.165, 1.54) is 6.92 Å². The molecule has 0 aromatic heterocycles. The summed E-state index contributed by atoms with van der Waals surface area (Å²) >= 11 is 0. The Balaban J connectivity index is 0.773. The average Bonchev–Trinajstić information content (AvgIpc) is 0.668. The minimum absolute atomic E-state index is 0.0321. The zero-order chi connectivity index (χ0) is 70.2. The number of ether oxygens (including phenoxy) is 12. The van der Waals surface area contributed by atoms with Crippen LogP contribution in [0.2, 0.25) is 0 Å². The van der Waals surface area contributed by atoms with Crippen LogP contribution in [0, 0.1) is 50.2 Å². The first-order valence-electron chi connectivity index (χ1n) is 34.0. The van der Waals surface area contributed by atoms with E-state index in [1.54, 1.807) is 6.92 Å². The summed E-state index contributed by atoms with van der Waals surface area (Å²) in [5, 5.41) is 197. The summed E-state index contributed by atoms with van der Waals surface area (Å²) in [7, 11) is 0. The second-order valence-electron chi connectivity index (χ2n) is 31.6. The lowest BCUT2D eigenvalue weighted by Gasteiger charge is -2.72. The molecule has 18 N–H and O–H groups in total. The fourth-order valence-electron chi connectivity index (χ4n) is 19.1. The summed E-state index contributed by atoms with van der Waals surface area (Å²) in [5.41, 5.74) is -4.51. The number of fused-ring (bicyclic) bond motifs is 7. The quantitative estimate of drug-likeness (QED) is 0.0416. The second kappa shape index (κ2) is 27.6. The summed E-state index contributed by atoms with van der Waals surface area (Å²) in [5.74, 6) is -1.46. The van der Waals surface area contributed by atoms with Crippen molar-refractivity contribution in [2.24, 2.45) is 50.2 Å². The summed E-state index contributed by atoms with van der Waals surface area (Å²) < 4.78 is 71.2. The largest absolute Gasteiger partial charge is 0.432 e. The minimum Gasteiger partial charge on any atom is -0.432 e. The van der Waals surface area contributed by atoms with Crippen LogP contribution < -0.4 is 0 Å². The SMILES string of the molecule is CC1OC(OC2C(OC3CCC4(C)C(CCC5(C)C4CC=C4C6C(C(=O)OC7OC(COC8OC(CO)C(O)C(O)C8O)C(O)C(O)C7O)(CCC(C)(C)C6(C)O)CCC45C)C3(C)C)OCC(O)C2O)C(O)C(OC2OCC(OC3OC(CO)C(O)C(O)C3O)C(O)C2O)C1O. The van der Waals surface area contributed by atoms with Crippen LogP contribution in [-0.2, 0) is 61.6 Å². The van der Waals surface area contributed by atoms with Crippen molar-refractivity contribution in [3.8, 4) is 0 Å². The van der Waals surface area contributed by atoms with Gasteiger partial charge in [0.1, 0.15) is 128 Å². The molecule has 96 heavy (non-hydrogen) atoms. The predicted octanol–water partition coefficient (Wildman–Crippen LogP) is -4.72. The van der Waals surface area contributed by atoms with E-state index in [4.69, 9.17) is 56.8 Å². The molecular weight excluding hydrogens is 1280 g/mol. The van der Waals surface area contributed by atoms with Crippen LogP contribution in [0.25, 0.3) is 0 Å². The number of aliphatic hydroxyl groups is 18. The first-order chi connectivity index (χ1) is 44.9. The van der Waals surface area contributed by atoms with Gasteiger partial charge in [-0.05, 0) is 111 Å². The third kappa shape index (κ3) is 12.4. The molecule has 6 saturated heterocycles. The van der Waals surface area contributed by atoms with E-state index >= 15 is 4.79 Å². The number of hydrogen-bond acceptors (Lipinski definition) is 31. The van der Waals surface area contributed by atoms with Gasteiger partial charge >= 0.3 is 5.97 Å². The minimum atomic E-state index is -1.94. The molecule has 11 aliphatic rings. The fourth-order valence-corrected chi connectivity index (χ4v) is 19.1. The Morgan fingerprint density at radius 1 is 0.510 bits per heavy atom. The average molecular weight is 1380 g/mol. The van der Waals surface area contributed by atoms with Crippen LogP contribution in [0.4, 0.5) is 0 Å². The smallest absolute Gasteiger partial charge is 0.315 e. The van der Waals surface area contributed by atoms with Gasteiger partial charge in [-0.2, -0.15) is 0 Å². The topological polar surface area (TPSA) is 492 Å². The maximum atomic E-state index is 15.4. The summed E-state index contributed by atoms with van der Waals surface area (Å²) in [4.78, 5) is 15.4. The normalized spacial score (nSPS) is 54.9. The first-order valence-corrected chi connectivity index (χ1v) is 34.0. The molecule has 0 amide bonds. The van der Waals surface area contributed by atoms with Crippen molar-refractivity contribution in [1.29, 1.82) is 0 Å². The highest BCUT2D eigenvalue weighted by Gasteiger charge is 2.74. The summed E-state index contributed by atoms with van der Waals surface area (Å²) in [6.07, 6.45) is -39.8. The molecule has 552 valence electrons. The van der Waals surface area contributed by atoms with Crippen LogP contribution >= 0.6 is 0 Å². The van der Waals surface area contributed by atoms with E-state index in [0.717, 1.165) is 18.4 Å². The Kier molecular flexibility index (Phi) is 21.6. The summed E-state index contributed by atoms with van der Waals surface area (Å²) in [6, 6.07) is 0. The Labute approximate surface area is 556 Å². The van der Waals surface area contributed by atoms with E-state index in [9.17, 15) is 91.9 Å². The molecule has 31 heteroatoms. The van der Waals surface area contributed by atoms with Gasteiger partial charge in [0.15, 0.2) is 31.5 Å². The molecular formula is C65H106O31. The van der Waals surface area contributed by atoms with Crippen molar-refractivity contribution < 1.29 is 154 Å². The number of carbonyl (C=O) groups is 1. The standard InChI is InChI=1S/C65H106O31/c1-25-35(69)49(94-53-44(78)40(74)31(24-87-53)91-54-46(80)42(76)38(72)29(21-67)90-54)48(82)56(88-25)95-50-36(70)27(68)22-85-57(50)93-34-13-14-61(6)32(60(34,4)5)12-15-63(8)33(61)11-10-26-51-64(9,84)59(2,3)16-18-65(51,19-17-62(26,63)7)58(83)96-55-47(81)43(77)39(73)30(92-55)23-86-52-45(79)41(75)37(71)28(20-66)89-52/h10,25,27-57,66-82,84H,11-24H2,1-9H3. The molecule has 0 spiro atoms. The zero-order valence-corrected chi connectivity index (χ0v) is 55.8. The van der Waals surface area contributed by atoms with Gasteiger partial charge in [0, 0.05) is 5.92 Å². The Hall–Kier alpha value is -1.95. The molecule has 10 fully saturated rings. The van der Waals surface area contributed by atoms with Gasteiger partial charge in [0.2, 0.25) is 6.29 Å². The van der Waals surface area contributed by atoms with Gasteiger partial charge in [0.05, 0.1) is 56.3 Å². The predicted molar refractivity (Wildman–Crippen MR) is 321 cm³/mol. The molecule has 0 aromatic rings. The maximum absolute atomic E-state index is 15.4. The molecule has 6 heterocycles. The second-order valence-corrected chi connectivity index (χ2v) is 31.6. The van der Waals surface area contributed by atoms with Crippen molar-refractivity contribution >= 4 is 5.97 Å². The number of allylic oxidation sites excluding steroid dienone is 1. The molecule has 0 aromatic carbocycles. The molecule has 0 radical (unpaired) electrons. The van der Waals surface area contributed by atoms with E-state index in [0.29, 0.717) is 38.5 Å². The van der Waals surface area contributed by atoms with Gasteiger partial charge in [-0.1, -0.05) is 60.1 Å². The highest BCUT2D eigenvalue weighted by atomic mass is 16.8. The Morgan fingerprint density at radius 2 is 1.06 bits per heavy atom. The van der Waals surface area contributed by atoms with Crippen molar-refractivity contribution in [2.75, 3.05) is 33.0 Å². The molecule has 37 atom stereocenters. The molecule has 31 nitrogen and oxygen atoms in total. The third-order valence-electron chi connectivity index (χ3n) is 25.8. The Bertz CT molecular complexity index is 2720. The van der Waals surface area contributed by atoms with Crippen LogP contribution in [-0.4, -0.2) is 315 Å². The molecule has 0 bridgehead atoms. The first kappa shape index (κ1) is 75.2. The maximum Gasteiger partial charge on any atom is 0.315 e. The fraction of sp³-hybridized carbons (Fsp3) is 0.954. The number of esters is 1. The highest BCUT2D eigenvalue weighted by molar-refractivity contribution is 5.79. The van der Waals surface area contributed by atoms with Crippen molar-refractivity contribution in [2.45, 2.75) is 304 Å². The lowest BCUT2D eigenvalue weighted by atomic mass is 9.32. The highest BCUT2D eigenvalue weighted by Crippen LogP contribution is 2.77. The molecule has 37 unspecified atom stereocenters. The molecule has 5 aliphatic carbocycles. The van der Waals surface area contributed by atoms with Crippen LogP contribution in [0.5, 0.6) is 0 Å². The van der Waals surface area contributed by atoms with E-state index in [2.05, 4.69) is 40.7 Å². The van der Waals surface area contributed by atoms with E-state index in [-0.39, 0.29) is 30.3 Å². The van der Waals surface area contributed by atoms with Crippen molar-refractivity contribution in [3.63, 3.8) is 0 Å². The zero-order valence-electron chi connectivity index (χ0n) is 55.8. The number of rotatable bonds is 15. The van der Waals surface area contributed by atoms with E-state index < -0.39 is 249 Å². The van der Waals surface area contributed by atoms with Gasteiger partial charge in [0.25, 0.3) is 0 Å². The van der Waals surface area contributed by atoms with E-state index in [1.807, 2.05) is 13.8 Å².